The molecule has 19 heavy (non-hydrogen) atoms. The number of methoxy groups -OCH3 is 1. The SMILES string of the molecule is COc1cc(C(=O)O)cc(-c2cc(O)ccc2Cl)c1. The summed E-state index contributed by atoms with van der Waals surface area (Å²) in [4.78, 5) is 11.1. The average Bonchev–Trinajstić information content (AvgIpc) is 2.40. The first-order chi connectivity index (χ1) is 9.01. The molecule has 0 aliphatic heterocycles. The number of aromatic carboxylic acids is 1. The number of phenolic OH excluding ortho intramolecular Hbond substituents is 1. The van der Waals surface area contributed by atoms with Crippen LogP contribution in [0.3, 0.4) is 0 Å². The zero-order valence-electron chi connectivity index (χ0n) is 10.1. The minimum Gasteiger partial charge on any atom is -0.508 e. The quantitative estimate of drug-likeness (QED) is 0.903. The summed E-state index contributed by atoms with van der Waals surface area (Å²) in [5.74, 6) is -0.593. The number of carboxylic acids is 1. The van der Waals surface area contributed by atoms with E-state index in [-0.39, 0.29) is 11.3 Å². The number of hydrogen-bond acceptors (Lipinski definition) is 3. The summed E-state index contributed by atoms with van der Waals surface area (Å²) < 4.78 is 5.07. The largest absolute Gasteiger partial charge is 0.508 e. The van der Waals surface area contributed by atoms with Crippen molar-refractivity contribution < 1.29 is 19.7 Å². The second kappa shape index (κ2) is 5.20. The van der Waals surface area contributed by atoms with Crippen molar-refractivity contribution in [3.63, 3.8) is 0 Å². The van der Waals surface area contributed by atoms with Crippen LogP contribution in [-0.2, 0) is 0 Å². The smallest absolute Gasteiger partial charge is 0.335 e. The van der Waals surface area contributed by atoms with Gasteiger partial charge in [-0.15, -0.1) is 0 Å². The van der Waals surface area contributed by atoms with Crippen molar-refractivity contribution >= 4 is 17.6 Å². The summed E-state index contributed by atoms with van der Waals surface area (Å²) in [6.07, 6.45) is 0. The molecule has 2 aromatic rings. The molecule has 2 N–H and O–H groups in total. The van der Waals surface area contributed by atoms with E-state index >= 15 is 0 Å². The first kappa shape index (κ1) is 13.2. The summed E-state index contributed by atoms with van der Waals surface area (Å²) in [5.41, 5.74) is 1.20. The van der Waals surface area contributed by atoms with E-state index in [1.54, 1.807) is 12.1 Å². The summed E-state index contributed by atoms with van der Waals surface area (Å²) in [7, 11) is 1.45. The number of ether oxygens (including phenoxy) is 1. The number of aromatic hydroxyl groups is 1. The number of rotatable bonds is 3. The van der Waals surface area contributed by atoms with E-state index in [9.17, 15) is 9.90 Å². The topological polar surface area (TPSA) is 66.8 Å². The Morgan fingerprint density at radius 1 is 1.21 bits per heavy atom. The Morgan fingerprint density at radius 2 is 1.95 bits per heavy atom. The molecule has 0 unspecified atom stereocenters. The first-order valence-corrected chi connectivity index (χ1v) is 5.80. The predicted octanol–water partition coefficient (Wildman–Crippen LogP) is 3.42. The van der Waals surface area contributed by atoms with Gasteiger partial charge < -0.3 is 14.9 Å². The van der Waals surface area contributed by atoms with Crippen molar-refractivity contribution in [2.24, 2.45) is 0 Å². The van der Waals surface area contributed by atoms with Gasteiger partial charge >= 0.3 is 5.97 Å². The van der Waals surface area contributed by atoms with Crippen LogP contribution in [0.4, 0.5) is 0 Å². The maximum Gasteiger partial charge on any atom is 0.335 e. The second-order valence-electron chi connectivity index (χ2n) is 3.92. The van der Waals surface area contributed by atoms with Gasteiger partial charge in [0.2, 0.25) is 0 Å². The third kappa shape index (κ3) is 2.80. The van der Waals surface area contributed by atoms with Gasteiger partial charge in [0.25, 0.3) is 0 Å². The van der Waals surface area contributed by atoms with Gasteiger partial charge in [0.1, 0.15) is 11.5 Å². The Morgan fingerprint density at radius 3 is 2.58 bits per heavy atom. The number of phenols is 1. The molecule has 0 heterocycles. The predicted molar refractivity (Wildman–Crippen MR) is 72.1 cm³/mol. The molecule has 0 fully saturated rings. The minimum atomic E-state index is -1.06. The highest BCUT2D eigenvalue weighted by Crippen LogP contribution is 2.33. The molecule has 5 heteroatoms. The fraction of sp³-hybridized carbons (Fsp3) is 0.0714. The Labute approximate surface area is 114 Å². The standard InChI is InChI=1S/C14H11ClO4/c1-19-11-5-8(4-9(6-11)14(17)18)12-7-10(16)2-3-13(12)15/h2-7,16H,1H3,(H,17,18). The first-order valence-electron chi connectivity index (χ1n) is 5.42. The monoisotopic (exact) mass is 278 g/mol. The molecule has 98 valence electrons. The highest BCUT2D eigenvalue weighted by molar-refractivity contribution is 6.33. The lowest BCUT2D eigenvalue weighted by molar-refractivity contribution is 0.0696. The highest BCUT2D eigenvalue weighted by atomic mass is 35.5. The van der Waals surface area contributed by atoms with Crippen LogP contribution in [0.2, 0.25) is 5.02 Å². The molecule has 2 rings (SSSR count). The molecule has 0 aliphatic carbocycles. The van der Waals surface area contributed by atoms with Crippen LogP contribution in [0.1, 0.15) is 10.4 Å². The van der Waals surface area contributed by atoms with Gasteiger partial charge in [0.15, 0.2) is 0 Å². The molecule has 0 atom stereocenters. The van der Waals surface area contributed by atoms with Crippen molar-refractivity contribution in [1.29, 1.82) is 0 Å². The van der Waals surface area contributed by atoms with Gasteiger partial charge in [-0.1, -0.05) is 11.6 Å². The van der Waals surface area contributed by atoms with E-state index in [4.69, 9.17) is 21.4 Å². The van der Waals surface area contributed by atoms with Crippen LogP contribution in [0.5, 0.6) is 11.5 Å². The fourth-order valence-corrected chi connectivity index (χ4v) is 1.96. The van der Waals surface area contributed by atoms with Crippen LogP contribution in [0.25, 0.3) is 11.1 Å². The van der Waals surface area contributed by atoms with Gasteiger partial charge in [0, 0.05) is 10.6 Å². The maximum absolute atomic E-state index is 11.1. The van der Waals surface area contributed by atoms with Crippen LogP contribution >= 0.6 is 11.6 Å². The summed E-state index contributed by atoms with van der Waals surface area (Å²) >= 11 is 6.06. The van der Waals surface area contributed by atoms with Crippen molar-refractivity contribution in [1.82, 2.24) is 0 Å². The Bertz CT molecular complexity index is 637. The third-order valence-corrected chi connectivity index (χ3v) is 2.98. The van der Waals surface area contributed by atoms with Crippen molar-refractivity contribution in [3.8, 4) is 22.6 Å². The number of benzene rings is 2. The van der Waals surface area contributed by atoms with E-state index in [0.717, 1.165) is 0 Å². The third-order valence-electron chi connectivity index (χ3n) is 2.65. The van der Waals surface area contributed by atoms with Gasteiger partial charge in [-0.05, 0) is 42.0 Å². The summed E-state index contributed by atoms with van der Waals surface area (Å²) in [6, 6.07) is 9.04. The molecule has 0 saturated carbocycles. The zero-order valence-corrected chi connectivity index (χ0v) is 10.8. The molecule has 4 nitrogen and oxygen atoms in total. The van der Waals surface area contributed by atoms with E-state index < -0.39 is 5.97 Å². The van der Waals surface area contributed by atoms with Crippen LogP contribution in [-0.4, -0.2) is 23.3 Å². The minimum absolute atomic E-state index is 0.0547. The molecule has 0 spiro atoms. The average molecular weight is 279 g/mol. The second-order valence-corrected chi connectivity index (χ2v) is 4.33. The van der Waals surface area contributed by atoms with Crippen molar-refractivity contribution in [3.05, 3.63) is 47.0 Å². The normalized spacial score (nSPS) is 10.2. The molecule has 0 aromatic heterocycles. The lowest BCUT2D eigenvalue weighted by Gasteiger charge is -2.09. The fourth-order valence-electron chi connectivity index (χ4n) is 1.73. The summed E-state index contributed by atoms with van der Waals surface area (Å²) in [6.45, 7) is 0. The van der Waals surface area contributed by atoms with Crippen LogP contribution in [0.15, 0.2) is 36.4 Å². The summed E-state index contributed by atoms with van der Waals surface area (Å²) in [5, 5.41) is 19.0. The molecule has 0 saturated heterocycles. The van der Waals surface area contributed by atoms with Crippen LogP contribution in [0, 0.1) is 0 Å². The molecule has 2 aromatic carbocycles. The van der Waals surface area contributed by atoms with Gasteiger partial charge in [-0.25, -0.2) is 4.79 Å². The molecule has 0 radical (unpaired) electrons. The number of carboxylic acid groups (broad SMARTS) is 1. The molecule has 0 bridgehead atoms. The van der Waals surface area contributed by atoms with Crippen molar-refractivity contribution in [2.75, 3.05) is 7.11 Å². The van der Waals surface area contributed by atoms with Crippen molar-refractivity contribution in [2.45, 2.75) is 0 Å². The number of hydrogen-bond donors (Lipinski definition) is 2. The Hall–Kier alpha value is -2.20. The van der Waals surface area contributed by atoms with Gasteiger partial charge in [-0.2, -0.15) is 0 Å². The number of halogens is 1. The Kier molecular flexibility index (Phi) is 3.62. The van der Waals surface area contributed by atoms with E-state index in [2.05, 4.69) is 0 Å². The van der Waals surface area contributed by atoms with Crippen LogP contribution < -0.4 is 4.74 Å². The molecular weight excluding hydrogens is 268 g/mol. The molecule has 0 aliphatic rings. The van der Waals surface area contributed by atoms with Gasteiger partial charge in [-0.3, -0.25) is 0 Å². The maximum atomic E-state index is 11.1. The van der Waals surface area contributed by atoms with E-state index in [0.29, 0.717) is 21.9 Å². The lowest BCUT2D eigenvalue weighted by Crippen LogP contribution is -1.98. The lowest BCUT2D eigenvalue weighted by atomic mass is 10.0. The van der Waals surface area contributed by atoms with E-state index in [1.165, 1.54) is 31.4 Å². The van der Waals surface area contributed by atoms with Gasteiger partial charge in [0.05, 0.1) is 12.7 Å². The Balaban J connectivity index is 2.64. The zero-order chi connectivity index (χ0) is 14.0. The van der Waals surface area contributed by atoms with E-state index in [1.807, 2.05) is 0 Å². The number of carbonyl (C=O) groups is 1. The highest BCUT2D eigenvalue weighted by Gasteiger charge is 2.11. The molecule has 0 amide bonds. The molecular formula is C14H11ClO4.